The standard InChI is InChI=1S/C11H12BF3N2O4S/c1-7-9-4-10(21-22(19,20)11(13,14)15)16-5-8(9)2-3-17(7)6-12-18/h4-5,7H,2-3,6H2,1H3. The van der Waals surface area contributed by atoms with Gasteiger partial charge in [-0.25, -0.2) is 0 Å². The molecule has 2 heterocycles. The van der Waals surface area contributed by atoms with Crippen LogP contribution < -0.4 is 4.18 Å². The molecule has 0 aliphatic carbocycles. The molecule has 0 spiro atoms. The third-order valence-corrected chi connectivity index (χ3v) is 4.41. The molecule has 0 saturated heterocycles. The average molecular weight is 336 g/mol. The van der Waals surface area contributed by atoms with Crippen LogP contribution in [-0.4, -0.2) is 43.9 Å². The molecule has 2 rings (SSSR count). The molecule has 1 unspecified atom stereocenters. The molecule has 0 fully saturated rings. The van der Waals surface area contributed by atoms with Crippen molar-refractivity contribution in [2.75, 3.05) is 13.0 Å². The maximum absolute atomic E-state index is 12.3. The molecule has 22 heavy (non-hydrogen) atoms. The van der Waals surface area contributed by atoms with Crippen molar-refractivity contribution in [2.45, 2.75) is 24.9 Å². The first-order valence-electron chi connectivity index (χ1n) is 6.33. The van der Waals surface area contributed by atoms with E-state index in [1.165, 1.54) is 12.3 Å². The van der Waals surface area contributed by atoms with Gasteiger partial charge in [-0.3, -0.25) is 0 Å². The molecule has 0 amide bonds. The molecule has 0 N–H and O–H groups in total. The molecule has 1 aromatic heterocycles. The first-order valence-corrected chi connectivity index (χ1v) is 7.74. The van der Waals surface area contributed by atoms with Crippen molar-refractivity contribution in [1.82, 2.24) is 9.88 Å². The van der Waals surface area contributed by atoms with Crippen molar-refractivity contribution in [1.29, 1.82) is 0 Å². The van der Waals surface area contributed by atoms with Gasteiger partial charge in [-0.15, -0.1) is 0 Å². The third-order valence-electron chi connectivity index (χ3n) is 3.45. The third kappa shape index (κ3) is 3.30. The predicted octanol–water partition coefficient (Wildman–Crippen LogP) is 1.24. The Morgan fingerprint density at radius 3 is 2.77 bits per heavy atom. The summed E-state index contributed by atoms with van der Waals surface area (Å²) in [4.78, 5) is 5.42. The molecule has 0 saturated carbocycles. The van der Waals surface area contributed by atoms with E-state index in [2.05, 4.69) is 9.17 Å². The van der Waals surface area contributed by atoms with Crippen molar-refractivity contribution >= 4 is 17.3 Å². The molecule has 0 aromatic carbocycles. The van der Waals surface area contributed by atoms with Gasteiger partial charge in [-0.1, -0.05) is 0 Å². The van der Waals surface area contributed by atoms with Gasteiger partial charge in [0.25, 0.3) is 0 Å². The molecule has 1 aliphatic rings. The maximum atomic E-state index is 12.3. The van der Waals surface area contributed by atoms with Gasteiger partial charge in [0.2, 0.25) is 0 Å². The van der Waals surface area contributed by atoms with Gasteiger partial charge in [-0.2, -0.15) is 0 Å². The van der Waals surface area contributed by atoms with Crippen LogP contribution in [-0.2, 0) is 21.2 Å². The molecule has 1 aliphatic heterocycles. The molecule has 120 valence electrons. The number of aromatic nitrogens is 1. The number of hydrogen-bond acceptors (Lipinski definition) is 6. The second-order valence-electron chi connectivity index (χ2n) is 4.79. The van der Waals surface area contributed by atoms with Gasteiger partial charge < -0.3 is 0 Å². The van der Waals surface area contributed by atoms with Crippen LogP contribution in [0.4, 0.5) is 13.2 Å². The average Bonchev–Trinajstić information content (AvgIpc) is 2.41. The fraction of sp³-hybridized carbons (Fsp3) is 0.545. The molecule has 6 nitrogen and oxygen atoms in total. The van der Waals surface area contributed by atoms with E-state index in [0.717, 1.165) is 12.7 Å². The SMILES string of the molecule is CC1c2cc(OS(=O)(=O)C(F)(F)F)ncc2CCN1CB=O. The Hall–Kier alpha value is -1.49. The Kier molecular flexibility index (Phi) is 4.57. The Morgan fingerprint density at radius 2 is 2.18 bits per heavy atom. The van der Waals surface area contributed by atoms with Gasteiger partial charge in [0.05, 0.1) is 0 Å². The van der Waals surface area contributed by atoms with Crippen LogP contribution in [0.5, 0.6) is 5.88 Å². The quantitative estimate of drug-likeness (QED) is 0.468. The summed E-state index contributed by atoms with van der Waals surface area (Å²) in [5, 5.41) is 0. The van der Waals surface area contributed by atoms with Crippen LogP contribution in [0.25, 0.3) is 0 Å². The predicted molar refractivity (Wildman–Crippen MR) is 70.0 cm³/mol. The second-order valence-corrected chi connectivity index (χ2v) is 6.33. The topological polar surface area (TPSA) is 76.6 Å². The van der Waals surface area contributed by atoms with E-state index < -0.39 is 21.5 Å². The Labute approximate surface area is 125 Å². The number of rotatable bonds is 4. The van der Waals surface area contributed by atoms with Crippen LogP contribution in [0.3, 0.4) is 0 Å². The monoisotopic (exact) mass is 336 g/mol. The van der Waals surface area contributed by atoms with E-state index in [1.807, 2.05) is 4.90 Å². The zero-order valence-electron chi connectivity index (χ0n) is 11.5. The number of hydrogen-bond donors (Lipinski definition) is 0. The van der Waals surface area contributed by atoms with Gasteiger partial charge in [0, 0.05) is 0 Å². The summed E-state index contributed by atoms with van der Waals surface area (Å²) in [6.07, 6.45) is 2.04. The Morgan fingerprint density at radius 1 is 1.50 bits per heavy atom. The first kappa shape index (κ1) is 16.9. The summed E-state index contributed by atoms with van der Waals surface area (Å²) in [6.45, 7) is 2.37. The number of fused-ring (bicyclic) bond motifs is 1. The Bertz CT molecular complexity index is 680. The molecular formula is C11H12BF3N2O4S. The van der Waals surface area contributed by atoms with Crippen molar-refractivity contribution in [3.8, 4) is 5.88 Å². The van der Waals surface area contributed by atoms with E-state index in [9.17, 15) is 26.3 Å². The van der Waals surface area contributed by atoms with Crippen molar-refractivity contribution in [2.24, 2.45) is 0 Å². The van der Waals surface area contributed by atoms with E-state index in [0.29, 0.717) is 18.5 Å². The Balaban J connectivity index is 2.30. The molecule has 11 heteroatoms. The van der Waals surface area contributed by atoms with E-state index in [-0.39, 0.29) is 12.5 Å². The van der Waals surface area contributed by atoms with Crippen LogP contribution in [0.2, 0.25) is 0 Å². The first-order chi connectivity index (χ1) is 10.2. The van der Waals surface area contributed by atoms with Crippen LogP contribution in [0, 0.1) is 0 Å². The fourth-order valence-corrected chi connectivity index (χ4v) is 2.69. The summed E-state index contributed by atoms with van der Waals surface area (Å²) in [6, 6.07) is 0.910. The summed E-state index contributed by atoms with van der Waals surface area (Å²) in [5.74, 6) is -0.643. The van der Waals surface area contributed by atoms with Gasteiger partial charge >= 0.3 is 125 Å². The minimum absolute atomic E-state index is 0.181. The van der Waals surface area contributed by atoms with Gasteiger partial charge in [0.15, 0.2) is 0 Å². The molecule has 0 bridgehead atoms. The zero-order valence-corrected chi connectivity index (χ0v) is 12.3. The number of pyridine rings is 1. The van der Waals surface area contributed by atoms with Crippen molar-refractivity contribution < 1.29 is 30.5 Å². The molecule has 1 aromatic rings. The number of alkyl halides is 3. The molecular weight excluding hydrogens is 324 g/mol. The van der Waals surface area contributed by atoms with Crippen LogP contribution >= 0.6 is 0 Å². The molecule has 0 radical (unpaired) electrons. The normalized spacial score (nSPS) is 19.4. The summed E-state index contributed by atoms with van der Waals surface area (Å²) in [7, 11) is -5.02. The molecule has 1 atom stereocenters. The minimum atomic E-state index is -5.75. The fourth-order valence-electron chi connectivity index (χ4n) is 2.28. The van der Waals surface area contributed by atoms with E-state index in [1.54, 1.807) is 6.92 Å². The van der Waals surface area contributed by atoms with Crippen LogP contribution in [0.1, 0.15) is 24.1 Å². The second kappa shape index (κ2) is 5.96. The van der Waals surface area contributed by atoms with Gasteiger partial charge in [-0.05, 0) is 0 Å². The van der Waals surface area contributed by atoms with E-state index in [4.69, 9.17) is 0 Å². The summed E-state index contributed by atoms with van der Waals surface area (Å²) in [5.41, 5.74) is -4.14. The zero-order chi connectivity index (χ0) is 16.5. The summed E-state index contributed by atoms with van der Waals surface area (Å²) < 4.78 is 73.6. The van der Waals surface area contributed by atoms with Gasteiger partial charge in [0.1, 0.15) is 0 Å². The number of nitrogens with zero attached hydrogens (tertiary/aromatic N) is 2. The van der Waals surface area contributed by atoms with Crippen molar-refractivity contribution in [3.05, 3.63) is 23.4 Å². The van der Waals surface area contributed by atoms with Crippen LogP contribution in [0.15, 0.2) is 12.3 Å². The van der Waals surface area contributed by atoms with Crippen molar-refractivity contribution in [3.63, 3.8) is 0 Å². The summed E-state index contributed by atoms with van der Waals surface area (Å²) >= 11 is 0. The van der Waals surface area contributed by atoms with E-state index >= 15 is 0 Å². The number of halogens is 3.